The van der Waals surface area contributed by atoms with E-state index < -0.39 is 97.2 Å². The van der Waals surface area contributed by atoms with Gasteiger partial charge in [0.05, 0.1) is 26.3 Å². The summed E-state index contributed by atoms with van der Waals surface area (Å²) in [7, 11) is 4.99. The zero-order valence-electron chi connectivity index (χ0n) is 60.0. The van der Waals surface area contributed by atoms with Crippen molar-refractivity contribution in [2.75, 3.05) is 54.2 Å². The van der Waals surface area contributed by atoms with E-state index in [1.54, 1.807) is 49.5 Å². The van der Waals surface area contributed by atoms with E-state index in [4.69, 9.17) is 35.4 Å². The van der Waals surface area contributed by atoms with Crippen molar-refractivity contribution in [3.8, 4) is 23.0 Å². The van der Waals surface area contributed by atoms with E-state index in [0.29, 0.717) is 37.1 Å². The predicted molar refractivity (Wildman–Crippen MR) is 340 cm³/mol. The van der Waals surface area contributed by atoms with Gasteiger partial charge >= 0.3 is 18.5 Å². The zero-order valence-corrected chi connectivity index (χ0v) is 49.8. The van der Waals surface area contributed by atoms with Crippen molar-refractivity contribution >= 4 is 35.6 Å². The van der Waals surface area contributed by atoms with Gasteiger partial charge < -0.3 is 40.2 Å². The van der Waals surface area contributed by atoms with Gasteiger partial charge in [-0.3, -0.25) is 0 Å². The van der Waals surface area contributed by atoms with Crippen LogP contribution in [0.15, 0.2) is 224 Å². The highest BCUT2D eigenvalue weighted by molar-refractivity contribution is 7.59. The molecule has 0 saturated carbocycles. The fourth-order valence-corrected chi connectivity index (χ4v) is 8.88. The molecule has 1 aromatic heterocycles. The molecule has 0 aliphatic heterocycles. The number of fused-ring (bicyclic) bond motifs is 1. The molecule has 0 fully saturated rings. The molecule has 9 rings (SSSR count). The largest absolute Gasteiger partial charge is 0.486 e. The standard InChI is InChI=1S/C18H19NOS.3C17H18F3NO.H2S/c1-19-12-11-17(18-10-5-13-21-18)20-16-9-4-7-14-6-2-3-8-15(14)16;3*1-21-12-11-16(13-5-3-2-4-6-13)22-15-9-7-14(8-10-15)17(18,19)20;/h2-10,13,17,19H,11-12H2,1H3;3*2-10,16,21H,11-12H2,1H3;1H2/t17-;;;;/m0..../s1/i1D3,17D;2D,3D,4D,5D,6D;12D2;3D;. The van der Waals surface area contributed by atoms with E-state index in [2.05, 4.69) is 21.3 Å². The lowest BCUT2D eigenvalue weighted by atomic mass is 10.1. The van der Waals surface area contributed by atoms with E-state index >= 15 is 0 Å². The first kappa shape index (κ1) is 54.6. The second kappa shape index (κ2) is 36.7. The van der Waals surface area contributed by atoms with Crippen LogP contribution in [0.25, 0.3) is 10.8 Å². The molecule has 19 heteroatoms. The minimum Gasteiger partial charge on any atom is -0.486 e. The highest BCUT2D eigenvalue weighted by atomic mass is 32.1. The Morgan fingerprint density at radius 1 is 0.455 bits per heavy atom. The first-order valence-electron chi connectivity index (χ1n) is 33.2. The molecule has 8 aromatic carbocycles. The average molecular weight is 1270 g/mol. The van der Waals surface area contributed by atoms with Crippen molar-refractivity contribution in [3.05, 3.63) is 262 Å². The molecule has 3 unspecified atom stereocenters. The summed E-state index contributed by atoms with van der Waals surface area (Å²) >= 11 is 1.43. The van der Waals surface area contributed by atoms with Crippen LogP contribution in [0.2, 0.25) is 0 Å². The summed E-state index contributed by atoms with van der Waals surface area (Å²) in [5, 5.41) is 14.8. The van der Waals surface area contributed by atoms with Gasteiger partial charge in [-0.2, -0.15) is 53.0 Å². The predicted octanol–water partition coefficient (Wildman–Crippen LogP) is 18.0. The maximum atomic E-state index is 12.7. The molecule has 0 bridgehead atoms. The molecule has 0 amide bonds. The average Bonchev–Trinajstić information content (AvgIpc) is 0.889. The monoisotopic (exact) mass is 1270 g/mol. The Morgan fingerprint density at radius 3 is 1.40 bits per heavy atom. The van der Waals surface area contributed by atoms with Crippen LogP contribution in [0.4, 0.5) is 39.5 Å². The number of halogens is 9. The summed E-state index contributed by atoms with van der Waals surface area (Å²) < 4.78 is 231. The van der Waals surface area contributed by atoms with Crippen LogP contribution in [-0.2, 0) is 18.5 Å². The Balaban J connectivity index is 0.000000240. The number of alkyl halides is 9. The van der Waals surface area contributed by atoms with Crippen LogP contribution in [0, 0.1) is 0 Å². The van der Waals surface area contributed by atoms with Crippen LogP contribution in [0.5, 0.6) is 23.0 Å². The third-order valence-corrected chi connectivity index (χ3v) is 13.4. The molecular formula is C69H75F9N4O4S2. The summed E-state index contributed by atoms with van der Waals surface area (Å²) in [5.41, 5.74) is -0.744. The smallest absolute Gasteiger partial charge is 0.416 e. The molecule has 1 heterocycles. The van der Waals surface area contributed by atoms with Crippen molar-refractivity contribution < 1.29 is 74.9 Å². The zero-order chi connectivity index (χ0) is 72.9. The lowest BCUT2D eigenvalue weighted by Gasteiger charge is -2.20. The fraction of sp³-hybridized carbons (Fsp3) is 0.275. The SMILES string of the molecule is S.[2H]C([2H])(CC(Oc1ccc(C(F)(F)F)cc1)c1ccccc1)NC.[2H]C([2H])([2H])NCC[C@]([2H])(Oc1cccc2ccccc12)c1cccs1.[2H]c1c([2H])c([2H])c(C(CCNC)Oc2ccc(C(F)(F)F)cc2)c([2H])c1[2H].[2H]c1cccc(C(CCNC)Oc2ccc(C(F)(F)F)cc2)c1. The molecule has 9 aromatic rings. The van der Waals surface area contributed by atoms with Gasteiger partial charge in [-0.15, -0.1) is 11.3 Å². The van der Waals surface area contributed by atoms with Gasteiger partial charge in [-0.1, -0.05) is 133 Å². The summed E-state index contributed by atoms with van der Waals surface area (Å²) in [6, 6.07) is 44.4. The molecule has 0 saturated heterocycles. The maximum absolute atomic E-state index is 12.7. The summed E-state index contributed by atoms with van der Waals surface area (Å²) in [6.07, 6.45) is -15.4. The maximum Gasteiger partial charge on any atom is 0.416 e. The lowest BCUT2D eigenvalue weighted by molar-refractivity contribution is -0.138. The number of ether oxygens (including phenoxy) is 4. The highest BCUT2D eigenvalue weighted by Crippen LogP contribution is 2.36. The Kier molecular flexibility index (Phi) is 22.8. The first-order chi connectivity index (χ1) is 46.6. The van der Waals surface area contributed by atoms with Gasteiger partial charge in [0.15, 0.2) is 0 Å². The van der Waals surface area contributed by atoms with Crippen molar-refractivity contribution in [3.63, 3.8) is 0 Å². The van der Waals surface area contributed by atoms with Crippen LogP contribution in [0.1, 0.15) is 105 Å². The van der Waals surface area contributed by atoms with Crippen molar-refractivity contribution in [2.45, 2.75) is 68.6 Å². The molecule has 8 nitrogen and oxygen atoms in total. The van der Waals surface area contributed by atoms with Gasteiger partial charge in [0.2, 0.25) is 0 Å². The van der Waals surface area contributed by atoms with E-state index in [9.17, 15) is 39.5 Å². The van der Waals surface area contributed by atoms with E-state index in [-0.39, 0.29) is 62.5 Å². The third-order valence-electron chi connectivity index (χ3n) is 12.5. The number of rotatable bonds is 24. The molecule has 0 aliphatic carbocycles. The summed E-state index contributed by atoms with van der Waals surface area (Å²) in [5.74, 6) is 1.35. The van der Waals surface area contributed by atoms with Gasteiger partial charge in [0.25, 0.3) is 0 Å². The molecule has 0 spiro atoms. The molecule has 4 atom stereocenters. The van der Waals surface area contributed by atoms with Crippen molar-refractivity contribution in [1.82, 2.24) is 21.3 Å². The number of thiophene rings is 1. The first-order valence-corrected chi connectivity index (χ1v) is 28.1. The molecule has 0 radical (unpaired) electrons. The Bertz CT molecular complexity index is 3910. The molecular weight excluding hydrogens is 1180 g/mol. The van der Waals surface area contributed by atoms with Crippen LogP contribution >= 0.6 is 24.8 Å². The Labute approximate surface area is 537 Å². The summed E-state index contributed by atoms with van der Waals surface area (Å²) in [6.45, 7) is -2.65. The van der Waals surface area contributed by atoms with E-state index in [1.165, 1.54) is 42.6 Å². The minimum atomic E-state index is -4.48. The van der Waals surface area contributed by atoms with Crippen molar-refractivity contribution in [2.24, 2.45) is 0 Å². The van der Waals surface area contributed by atoms with Gasteiger partial charge in [0.1, 0.15) is 47.4 Å². The highest BCUT2D eigenvalue weighted by Gasteiger charge is 2.32. The Morgan fingerprint density at radius 2 is 0.920 bits per heavy atom. The fourth-order valence-electron chi connectivity index (χ4n) is 8.14. The van der Waals surface area contributed by atoms with Crippen LogP contribution in [0.3, 0.4) is 0 Å². The lowest BCUT2D eigenvalue weighted by Crippen LogP contribution is -2.16. The third kappa shape index (κ3) is 23.9. The number of benzene rings is 8. The topological polar surface area (TPSA) is 85.0 Å². The molecule has 4 N–H and O–H groups in total. The molecule has 88 heavy (non-hydrogen) atoms. The minimum absolute atomic E-state index is 0. The van der Waals surface area contributed by atoms with E-state index in [0.717, 1.165) is 75.3 Å². The quantitative estimate of drug-likeness (QED) is 0.0446. The van der Waals surface area contributed by atoms with Gasteiger partial charge in [0, 0.05) is 42.8 Å². The molecule has 470 valence electrons. The van der Waals surface area contributed by atoms with Gasteiger partial charge in [-0.25, -0.2) is 0 Å². The van der Waals surface area contributed by atoms with Gasteiger partial charge in [-0.05, 0) is 167 Å². The van der Waals surface area contributed by atoms with E-state index in [1.807, 2.05) is 79.2 Å². The second-order valence-electron chi connectivity index (χ2n) is 18.7. The van der Waals surface area contributed by atoms with Crippen LogP contribution < -0.4 is 40.2 Å². The van der Waals surface area contributed by atoms with Crippen molar-refractivity contribution in [1.29, 1.82) is 0 Å². The number of hydrogen-bond donors (Lipinski definition) is 4. The number of hydrogen-bond acceptors (Lipinski definition) is 9. The molecule has 0 aliphatic rings. The van der Waals surface area contributed by atoms with Crippen LogP contribution in [-0.4, -0.2) is 54.2 Å². The number of nitrogens with one attached hydrogen (secondary N) is 4. The normalized spacial score (nSPS) is 15.3. The Hall–Kier alpha value is -7.52. The second-order valence-corrected chi connectivity index (χ2v) is 19.7. The summed E-state index contributed by atoms with van der Waals surface area (Å²) in [4.78, 5) is 0.743.